The molecule has 34 heavy (non-hydrogen) atoms. The summed E-state index contributed by atoms with van der Waals surface area (Å²) < 4.78 is 75.6. The highest BCUT2D eigenvalue weighted by Gasteiger charge is 2.39. The molecule has 2 saturated carbocycles. The highest BCUT2D eigenvalue weighted by Crippen LogP contribution is 2.43. The maximum absolute atomic E-state index is 12.6. The van der Waals surface area contributed by atoms with E-state index in [0.717, 1.165) is 49.9 Å². The van der Waals surface area contributed by atoms with Crippen molar-refractivity contribution in [3.8, 4) is 12.1 Å². The maximum Gasteiger partial charge on any atom is 0.416 e. The van der Waals surface area contributed by atoms with Gasteiger partial charge in [0.25, 0.3) is 0 Å². The standard InChI is InChI=1S/2C13H12F3N/c2*14-13(15,16)11-5-3-4-10(8-11)12(9-17)6-1-2-7-12/h2*3-5,8H,1-2,6-7H2. The Labute approximate surface area is 194 Å². The van der Waals surface area contributed by atoms with Crippen LogP contribution in [-0.4, -0.2) is 0 Å². The molecule has 0 amide bonds. The van der Waals surface area contributed by atoms with Gasteiger partial charge in [0, 0.05) is 0 Å². The molecule has 2 aromatic rings. The van der Waals surface area contributed by atoms with Gasteiger partial charge >= 0.3 is 12.4 Å². The largest absolute Gasteiger partial charge is 0.416 e. The van der Waals surface area contributed by atoms with Crippen molar-refractivity contribution in [3.63, 3.8) is 0 Å². The predicted octanol–water partition coefficient (Wildman–Crippen LogP) is 8.08. The normalized spacial score (nSPS) is 18.9. The van der Waals surface area contributed by atoms with Crippen molar-refractivity contribution in [1.29, 1.82) is 10.5 Å². The van der Waals surface area contributed by atoms with Crippen molar-refractivity contribution in [1.82, 2.24) is 0 Å². The summed E-state index contributed by atoms with van der Waals surface area (Å²) in [7, 11) is 0. The molecule has 0 heterocycles. The van der Waals surface area contributed by atoms with Gasteiger partial charge in [-0.3, -0.25) is 0 Å². The summed E-state index contributed by atoms with van der Waals surface area (Å²) in [6, 6.07) is 14.8. The van der Waals surface area contributed by atoms with E-state index in [4.69, 9.17) is 0 Å². The lowest BCUT2D eigenvalue weighted by atomic mass is 9.80. The van der Waals surface area contributed by atoms with Gasteiger partial charge in [-0.15, -0.1) is 0 Å². The molecule has 0 spiro atoms. The van der Waals surface area contributed by atoms with Gasteiger partial charge in [0.1, 0.15) is 0 Å². The van der Waals surface area contributed by atoms with E-state index in [-0.39, 0.29) is 0 Å². The van der Waals surface area contributed by atoms with Crippen LogP contribution >= 0.6 is 0 Å². The van der Waals surface area contributed by atoms with Crippen molar-refractivity contribution in [2.24, 2.45) is 0 Å². The molecule has 2 fully saturated rings. The number of alkyl halides is 6. The quantitative estimate of drug-likeness (QED) is 0.410. The highest BCUT2D eigenvalue weighted by molar-refractivity contribution is 5.38. The zero-order chi connectivity index (χ0) is 25.0. The number of hydrogen-bond acceptors (Lipinski definition) is 2. The molecule has 2 nitrogen and oxygen atoms in total. The number of halogens is 6. The van der Waals surface area contributed by atoms with E-state index in [1.54, 1.807) is 12.1 Å². The summed E-state index contributed by atoms with van der Waals surface area (Å²) in [4.78, 5) is 0. The van der Waals surface area contributed by atoms with Gasteiger partial charge in [0.2, 0.25) is 0 Å². The highest BCUT2D eigenvalue weighted by atomic mass is 19.4. The lowest BCUT2D eigenvalue weighted by Crippen LogP contribution is -2.20. The van der Waals surface area contributed by atoms with Gasteiger partial charge in [-0.05, 0) is 48.9 Å². The second kappa shape index (κ2) is 9.70. The van der Waals surface area contributed by atoms with Crippen LogP contribution in [0.3, 0.4) is 0 Å². The minimum absolute atomic E-state index is 0.507. The van der Waals surface area contributed by atoms with E-state index in [2.05, 4.69) is 12.1 Å². The number of nitriles is 2. The summed E-state index contributed by atoms with van der Waals surface area (Å²) in [6.07, 6.45) is -2.43. The Hall–Kier alpha value is -3.00. The van der Waals surface area contributed by atoms with Crippen LogP contribution in [0.4, 0.5) is 26.3 Å². The van der Waals surface area contributed by atoms with E-state index in [0.29, 0.717) is 36.8 Å². The van der Waals surface area contributed by atoms with E-state index >= 15 is 0 Å². The second-order valence-corrected chi connectivity index (χ2v) is 8.96. The molecule has 0 aromatic heterocycles. The third-order valence-corrected chi connectivity index (χ3v) is 6.83. The summed E-state index contributed by atoms with van der Waals surface area (Å²) in [6.45, 7) is 0. The van der Waals surface area contributed by atoms with Crippen LogP contribution in [0.25, 0.3) is 0 Å². The van der Waals surface area contributed by atoms with Gasteiger partial charge in [0.15, 0.2) is 0 Å². The lowest BCUT2D eigenvalue weighted by Gasteiger charge is -2.21. The fourth-order valence-electron chi connectivity index (χ4n) is 4.87. The summed E-state index contributed by atoms with van der Waals surface area (Å²) in [5.74, 6) is 0. The van der Waals surface area contributed by atoms with E-state index < -0.39 is 34.3 Å². The van der Waals surface area contributed by atoms with Crippen LogP contribution in [0.15, 0.2) is 48.5 Å². The Morgan fingerprint density at radius 2 is 0.912 bits per heavy atom. The first kappa shape index (κ1) is 25.6. The van der Waals surface area contributed by atoms with Crippen molar-refractivity contribution in [2.45, 2.75) is 74.5 Å². The van der Waals surface area contributed by atoms with Crippen LogP contribution < -0.4 is 0 Å². The Bertz CT molecular complexity index is 988. The van der Waals surface area contributed by atoms with Crippen molar-refractivity contribution in [2.75, 3.05) is 0 Å². The molecular formula is C26H24F6N2. The molecule has 0 unspecified atom stereocenters. The summed E-state index contributed by atoms with van der Waals surface area (Å²) in [5, 5.41) is 18.5. The lowest BCUT2D eigenvalue weighted by molar-refractivity contribution is -0.138. The zero-order valence-electron chi connectivity index (χ0n) is 18.4. The van der Waals surface area contributed by atoms with Gasteiger partial charge in [-0.1, -0.05) is 62.1 Å². The van der Waals surface area contributed by atoms with Crippen LogP contribution in [0.1, 0.15) is 73.6 Å². The Morgan fingerprint density at radius 1 is 0.588 bits per heavy atom. The molecule has 180 valence electrons. The van der Waals surface area contributed by atoms with Crippen LogP contribution in [0, 0.1) is 22.7 Å². The molecule has 0 aliphatic heterocycles. The Kier molecular flexibility index (Phi) is 7.31. The molecule has 0 bridgehead atoms. The third kappa shape index (κ3) is 5.38. The van der Waals surface area contributed by atoms with E-state index in [1.807, 2.05) is 0 Å². The topological polar surface area (TPSA) is 47.6 Å². The fourth-order valence-corrected chi connectivity index (χ4v) is 4.87. The van der Waals surface area contributed by atoms with E-state index in [1.165, 1.54) is 12.1 Å². The molecular weight excluding hydrogens is 454 g/mol. The summed E-state index contributed by atoms with van der Waals surface area (Å²) >= 11 is 0. The molecule has 8 heteroatoms. The average Bonchev–Trinajstić information content (AvgIpc) is 3.50. The number of rotatable bonds is 2. The first-order valence-corrected chi connectivity index (χ1v) is 11.1. The van der Waals surface area contributed by atoms with Crippen LogP contribution in [0.5, 0.6) is 0 Å². The number of hydrogen-bond donors (Lipinski definition) is 0. The van der Waals surface area contributed by atoms with Crippen molar-refractivity contribution >= 4 is 0 Å². The van der Waals surface area contributed by atoms with Gasteiger partial charge < -0.3 is 0 Å². The molecule has 2 aliphatic rings. The summed E-state index contributed by atoms with van der Waals surface area (Å²) in [5.41, 5.74) is -1.74. The number of nitrogens with zero attached hydrogens (tertiary/aromatic N) is 2. The second-order valence-electron chi connectivity index (χ2n) is 8.96. The van der Waals surface area contributed by atoms with Crippen LogP contribution in [-0.2, 0) is 23.2 Å². The van der Waals surface area contributed by atoms with Crippen molar-refractivity contribution in [3.05, 3.63) is 70.8 Å². The SMILES string of the molecule is N#CC1(c2cccc(C(F)(F)F)c2)CCCC1.N#CC1(c2cccc(C(F)(F)F)c2)CCCC1. The van der Waals surface area contributed by atoms with E-state index in [9.17, 15) is 36.9 Å². The van der Waals surface area contributed by atoms with Gasteiger partial charge in [-0.25, -0.2) is 0 Å². The smallest absolute Gasteiger partial charge is 0.197 e. The number of benzene rings is 2. The van der Waals surface area contributed by atoms with Gasteiger partial charge in [0.05, 0.1) is 34.1 Å². The third-order valence-electron chi connectivity index (χ3n) is 6.83. The Balaban J connectivity index is 0.000000191. The molecule has 2 aliphatic carbocycles. The first-order valence-electron chi connectivity index (χ1n) is 11.1. The molecule has 2 aromatic carbocycles. The monoisotopic (exact) mass is 478 g/mol. The predicted molar refractivity (Wildman–Crippen MR) is 114 cm³/mol. The Morgan fingerprint density at radius 3 is 1.18 bits per heavy atom. The minimum Gasteiger partial charge on any atom is -0.197 e. The van der Waals surface area contributed by atoms with Crippen LogP contribution in [0.2, 0.25) is 0 Å². The van der Waals surface area contributed by atoms with Gasteiger partial charge in [-0.2, -0.15) is 36.9 Å². The molecule has 0 N–H and O–H groups in total. The first-order chi connectivity index (χ1) is 16.0. The minimum atomic E-state index is -4.34. The average molecular weight is 478 g/mol. The van der Waals surface area contributed by atoms with Crippen molar-refractivity contribution < 1.29 is 26.3 Å². The molecule has 0 saturated heterocycles. The molecule has 0 radical (unpaired) electrons. The molecule has 4 rings (SSSR count). The fraction of sp³-hybridized carbons (Fsp3) is 0.462. The zero-order valence-corrected chi connectivity index (χ0v) is 18.4. The molecule has 0 atom stereocenters. The maximum atomic E-state index is 12.6.